The van der Waals surface area contributed by atoms with Gasteiger partial charge in [-0.2, -0.15) is 0 Å². The van der Waals surface area contributed by atoms with E-state index in [0.29, 0.717) is 58.9 Å². The number of hydrogen-bond donors (Lipinski definition) is 4. The summed E-state index contributed by atoms with van der Waals surface area (Å²) in [6.07, 6.45) is 3.56. The van der Waals surface area contributed by atoms with Crippen molar-refractivity contribution in [1.29, 1.82) is 0 Å². The minimum absolute atomic E-state index is 0. The second kappa shape index (κ2) is 26.7. The Kier molecular flexibility index (Phi) is 19.2. The first-order valence-electron chi connectivity index (χ1n) is 25.7. The molecule has 0 aliphatic heterocycles. The van der Waals surface area contributed by atoms with Gasteiger partial charge < -0.3 is 69.5 Å². The van der Waals surface area contributed by atoms with Gasteiger partial charge in [0, 0.05) is 95.0 Å². The van der Waals surface area contributed by atoms with Crippen LogP contribution >= 0.6 is 0 Å². The summed E-state index contributed by atoms with van der Waals surface area (Å²) in [4.78, 5) is 81.4. The topological polar surface area (TPSA) is 278 Å². The molecule has 4 amide bonds. The van der Waals surface area contributed by atoms with Crippen molar-refractivity contribution in [2.45, 2.75) is 38.5 Å². The van der Waals surface area contributed by atoms with E-state index in [9.17, 15) is 47.8 Å². The van der Waals surface area contributed by atoms with Crippen LogP contribution < -0.4 is 59.9 Å². The number of nitrogens with zero attached hydrogens (tertiary/aromatic N) is 2. The Hall–Kier alpha value is -9.75. The van der Waals surface area contributed by atoms with Crippen LogP contribution in [-0.4, -0.2) is 96.0 Å². The number of carboxylic acid groups (broad SMARTS) is 2. The van der Waals surface area contributed by atoms with E-state index in [-0.39, 0.29) is 106 Å². The summed E-state index contributed by atoms with van der Waals surface area (Å²) < 4.78 is 89.8. The predicted molar refractivity (Wildman–Crippen MR) is 296 cm³/mol. The summed E-state index contributed by atoms with van der Waals surface area (Å²) in [6, 6.07) is 27.4. The van der Waals surface area contributed by atoms with E-state index in [1.807, 2.05) is 0 Å². The molecule has 4 N–H and O–H groups in total. The predicted octanol–water partition coefficient (Wildman–Crippen LogP) is 8.00. The van der Waals surface area contributed by atoms with Gasteiger partial charge in [0.1, 0.15) is 34.0 Å². The summed E-state index contributed by atoms with van der Waals surface area (Å²) in [5.41, 5.74) is -0.785. The average molecular weight is 1180 g/mol. The van der Waals surface area contributed by atoms with Gasteiger partial charge in [-0.05, 0) is 123 Å². The third-order valence-corrected chi connectivity index (χ3v) is 13.4. The van der Waals surface area contributed by atoms with Gasteiger partial charge in [0.25, 0.3) is 0 Å². The average Bonchev–Trinajstić information content (AvgIpc) is 2.28. The number of hydrogen-bond acceptors (Lipinski definition) is 16. The molecule has 0 spiro atoms. The molecule has 10 rings (SSSR count). The Balaban J connectivity index is 0.000000219. The minimum atomic E-state index is -1.30. The van der Waals surface area contributed by atoms with Gasteiger partial charge in [-0.15, -0.1) is 0 Å². The van der Waals surface area contributed by atoms with Gasteiger partial charge in [0.2, 0.25) is 23.6 Å². The van der Waals surface area contributed by atoms with Gasteiger partial charge in [0.15, 0.2) is 46.1 Å². The van der Waals surface area contributed by atoms with E-state index in [4.69, 9.17) is 28.4 Å². The number of amides is 4. The quantitative estimate of drug-likeness (QED) is 0.0284. The number of nitrogens with one attached hydrogen (secondary N) is 4. The molecular formula is C60H48F4MgN6O14. The van der Waals surface area contributed by atoms with Crippen LogP contribution in [0.2, 0.25) is 0 Å². The summed E-state index contributed by atoms with van der Waals surface area (Å²) in [6.45, 7) is -0.261. The van der Waals surface area contributed by atoms with Crippen LogP contribution in [0.25, 0.3) is 21.8 Å². The van der Waals surface area contributed by atoms with Gasteiger partial charge >= 0.3 is 23.1 Å². The molecule has 20 nitrogen and oxygen atoms in total. The number of rotatable bonds is 22. The molecule has 2 heterocycles. The number of methoxy groups -OCH3 is 2. The second-order valence-electron chi connectivity index (χ2n) is 19.1. The molecule has 0 radical (unpaired) electrons. The maximum absolute atomic E-state index is 15.1. The summed E-state index contributed by atoms with van der Waals surface area (Å²) >= 11 is 0. The molecule has 0 unspecified atom stereocenters. The fraction of sp³-hybridized carbons (Fsp3) is 0.200. The molecule has 2 aromatic heterocycles. The number of fused-ring (bicyclic) bond motifs is 2. The second-order valence-corrected chi connectivity index (χ2v) is 19.1. The SMILES string of the molecule is COc1cc2c(Oc3ccc(NC(=O)C4(C(=O)Nc5ccc(F)cc5)CC4)cc3F)ccnc2cc1OCCC(=O)[O-].COc1cc2c(Oc3ccc(NC(=O)C4(C(=O)Nc5ccc(F)cc5)CC4)cc3F)ccnc2cc1OCCC(=O)[O-].[Mg+2]. The number of carboxylic acids is 2. The Morgan fingerprint density at radius 1 is 0.447 bits per heavy atom. The van der Waals surface area contributed by atoms with Crippen molar-refractivity contribution < 1.29 is 85.0 Å². The van der Waals surface area contributed by atoms with E-state index in [1.165, 1.54) is 112 Å². The smallest absolute Gasteiger partial charge is 0.550 e. The van der Waals surface area contributed by atoms with Crippen molar-refractivity contribution >= 4 is 103 Å². The standard InChI is InChI=1S/2C30H25F2N3O7.Mg/c2*1-40-25-15-20-22(16-26(25)41-13-9-27(36)37)33-12-8-23(20)42-24-7-6-19(14-21(24)32)35-29(39)30(10-11-30)28(38)34-18-4-2-17(31)3-5-18;/h2*2-8,12,14-16H,9-11,13H2,1H3,(H,34,38)(H,35,39)(H,36,37);/q;;+2/p-2. The monoisotopic (exact) mass is 1180 g/mol. The fourth-order valence-corrected chi connectivity index (χ4v) is 8.46. The summed E-state index contributed by atoms with van der Waals surface area (Å²) in [7, 11) is 2.82. The first kappa shape index (κ1) is 61.3. The van der Waals surface area contributed by atoms with Crippen LogP contribution in [0.3, 0.4) is 0 Å². The van der Waals surface area contributed by atoms with Crippen molar-refractivity contribution in [2.24, 2.45) is 10.8 Å². The van der Waals surface area contributed by atoms with E-state index in [1.54, 1.807) is 24.3 Å². The number of aromatic nitrogens is 2. The van der Waals surface area contributed by atoms with E-state index in [2.05, 4.69) is 31.2 Å². The summed E-state index contributed by atoms with van der Waals surface area (Å²) in [5.74, 6) is -5.84. The first-order valence-corrected chi connectivity index (χ1v) is 25.7. The number of benzene rings is 6. The Morgan fingerprint density at radius 2 is 0.788 bits per heavy atom. The van der Waals surface area contributed by atoms with Crippen molar-refractivity contribution in [3.63, 3.8) is 0 Å². The molecule has 6 aromatic carbocycles. The van der Waals surface area contributed by atoms with E-state index in [0.717, 1.165) is 12.1 Å². The molecule has 2 fully saturated rings. The van der Waals surface area contributed by atoms with Crippen LogP contribution in [0.15, 0.2) is 134 Å². The number of carbonyl (C=O) groups is 6. The Bertz CT molecular complexity index is 3600. The number of pyridine rings is 2. The normalized spacial score (nSPS) is 13.1. The molecule has 0 atom stereocenters. The zero-order valence-electron chi connectivity index (χ0n) is 45.2. The van der Waals surface area contributed by atoms with Crippen LogP contribution in [0, 0.1) is 34.1 Å². The fourth-order valence-electron chi connectivity index (χ4n) is 8.46. The maximum Gasteiger partial charge on any atom is 2.00 e. The molecular weight excluding hydrogens is 1130 g/mol. The zero-order valence-corrected chi connectivity index (χ0v) is 46.6. The molecule has 8 aromatic rings. The number of carbonyl (C=O) groups excluding carboxylic acids is 6. The van der Waals surface area contributed by atoms with Crippen molar-refractivity contribution in [3.8, 4) is 46.0 Å². The minimum Gasteiger partial charge on any atom is -0.550 e. The molecule has 2 aliphatic carbocycles. The van der Waals surface area contributed by atoms with Gasteiger partial charge in [-0.25, -0.2) is 17.6 Å². The van der Waals surface area contributed by atoms with Crippen molar-refractivity contribution in [3.05, 3.63) is 157 Å². The van der Waals surface area contributed by atoms with Gasteiger partial charge in [-0.3, -0.25) is 29.1 Å². The molecule has 85 heavy (non-hydrogen) atoms. The van der Waals surface area contributed by atoms with Crippen molar-refractivity contribution in [2.75, 3.05) is 48.7 Å². The van der Waals surface area contributed by atoms with E-state index < -0.39 is 69.7 Å². The Labute approximate surface area is 496 Å². The van der Waals surface area contributed by atoms with Crippen LogP contribution in [0.1, 0.15) is 38.5 Å². The molecule has 2 aliphatic rings. The first-order chi connectivity index (χ1) is 40.4. The Morgan fingerprint density at radius 3 is 1.11 bits per heavy atom. The number of halogens is 4. The van der Waals surface area contributed by atoms with Crippen LogP contribution in [0.5, 0.6) is 46.0 Å². The molecule has 2 saturated carbocycles. The molecule has 0 bridgehead atoms. The molecule has 432 valence electrons. The van der Waals surface area contributed by atoms with Crippen LogP contribution in [0.4, 0.5) is 40.3 Å². The zero-order chi connectivity index (χ0) is 59.7. The number of ether oxygens (including phenoxy) is 6. The molecule has 25 heteroatoms. The number of anilines is 4. The summed E-state index contributed by atoms with van der Waals surface area (Å²) in [5, 5.41) is 32.7. The third-order valence-electron chi connectivity index (χ3n) is 13.4. The molecule has 0 saturated heterocycles. The largest absolute Gasteiger partial charge is 2.00 e. The van der Waals surface area contributed by atoms with Crippen LogP contribution in [-0.2, 0) is 28.8 Å². The van der Waals surface area contributed by atoms with Gasteiger partial charge in [-0.1, -0.05) is 0 Å². The maximum atomic E-state index is 15.1. The van der Waals surface area contributed by atoms with Crippen molar-refractivity contribution in [1.82, 2.24) is 9.97 Å². The third kappa shape index (κ3) is 14.7. The number of aliphatic carboxylic acids is 2. The van der Waals surface area contributed by atoms with E-state index >= 15 is 8.78 Å². The van der Waals surface area contributed by atoms with Gasteiger partial charge in [0.05, 0.1) is 38.5 Å².